The van der Waals surface area contributed by atoms with Gasteiger partial charge in [0.15, 0.2) is 0 Å². The summed E-state index contributed by atoms with van der Waals surface area (Å²) in [7, 11) is 0. The quantitative estimate of drug-likeness (QED) is 0.624. The summed E-state index contributed by atoms with van der Waals surface area (Å²) < 4.78 is 5.74. The number of aryl methyl sites for hydroxylation is 1. The van der Waals surface area contributed by atoms with E-state index >= 15 is 0 Å². The molecule has 0 bridgehead atoms. The highest BCUT2D eigenvalue weighted by Gasteiger charge is 2.07. The van der Waals surface area contributed by atoms with E-state index in [2.05, 4.69) is 17.4 Å². The Morgan fingerprint density at radius 1 is 1.00 bits per heavy atom. The van der Waals surface area contributed by atoms with E-state index in [4.69, 9.17) is 16.3 Å². The van der Waals surface area contributed by atoms with Crippen molar-refractivity contribution in [1.29, 1.82) is 0 Å². The largest absolute Gasteiger partial charge is 0.493 e. The predicted molar refractivity (Wildman–Crippen MR) is 106 cm³/mol. The topological polar surface area (TPSA) is 38.3 Å². The van der Waals surface area contributed by atoms with Crippen LogP contribution >= 0.6 is 11.6 Å². The molecule has 0 atom stereocenters. The molecule has 3 aromatic rings. The van der Waals surface area contributed by atoms with Gasteiger partial charge >= 0.3 is 0 Å². The molecule has 0 aliphatic rings. The number of anilines is 1. The van der Waals surface area contributed by atoms with E-state index in [9.17, 15) is 4.79 Å². The number of rotatable bonds is 6. The highest BCUT2D eigenvalue weighted by Crippen LogP contribution is 2.21. The SMILES string of the molecule is Cc1ccc(NC(=O)c2ccc(OCCc3ccccc3)cc2)cc1Cl. The number of carbonyl (C=O) groups excluding carboxylic acids is 1. The third-order valence-electron chi connectivity index (χ3n) is 4.05. The molecule has 4 heteroatoms. The van der Waals surface area contributed by atoms with Gasteiger partial charge in [-0.05, 0) is 54.4 Å². The number of ether oxygens (including phenoxy) is 1. The summed E-state index contributed by atoms with van der Waals surface area (Å²) in [4.78, 5) is 12.3. The molecular weight excluding hydrogens is 346 g/mol. The van der Waals surface area contributed by atoms with Crippen molar-refractivity contribution in [2.45, 2.75) is 13.3 Å². The Labute approximate surface area is 158 Å². The van der Waals surface area contributed by atoms with Crippen LogP contribution in [0.1, 0.15) is 21.5 Å². The van der Waals surface area contributed by atoms with Gasteiger partial charge in [0.25, 0.3) is 5.91 Å². The van der Waals surface area contributed by atoms with Gasteiger partial charge in [0.1, 0.15) is 5.75 Å². The summed E-state index contributed by atoms with van der Waals surface area (Å²) in [5, 5.41) is 3.48. The van der Waals surface area contributed by atoms with Crippen LogP contribution in [-0.4, -0.2) is 12.5 Å². The molecular formula is C22H20ClNO2. The van der Waals surface area contributed by atoms with Crippen LogP contribution in [-0.2, 0) is 6.42 Å². The molecule has 0 unspecified atom stereocenters. The van der Waals surface area contributed by atoms with Gasteiger partial charge < -0.3 is 10.1 Å². The first-order chi connectivity index (χ1) is 12.6. The van der Waals surface area contributed by atoms with Crippen LogP contribution in [0.2, 0.25) is 5.02 Å². The fraction of sp³-hybridized carbons (Fsp3) is 0.136. The monoisotopic (exact) mass is 365 g/mol. The second-order valence-corrected chi connectivity index (χ2v) is 6.43. The Morgan fingerprint density at radius 2 is 1.73 bits per heavy atom. The summed E-state index contributed by atoms with van der Waals surface area (Å²) in [6.07, 6.45) is 0.845. The molecule has 0 saturated heterocycles. The van der Waals surface area contributed by atoms with Gasteiger partial charge in [-0.3, -0.25) is 4.79 Å². The van der Waals surface area contributed by atoms with Gasteiger partial charge in [-0.15, -0.1) is 0 Å². The molecule has 0 aliphatic heterocycles. The van der Waals surface area contributed by atoms with Crippen LogP contribution in [0.5, 0.6) is 5.75 Å². The minimum atomic E-state index is -0.180. The molecule has 0 aromatic heterocycles. The van der Waals surface area contributed by atoms with Gasteiger partial charge in [0.05, 0.1) is 6.61 Å². The molecule has 1 amide bonds. The molecule has 0 heterocycles. The van der Waals surface area contributed by atoms with Crippen LogP contribution in [0.25, 0.3) is 0 Å². The van der Waals surface area contributed by atoms with Crippen molar-refractivity contribution < 1.29 is 9.53 Å². The zero-order valence-electron chi connectivity index (χ0n) is 14.5. The molecule has 0 spiro atoms. The molecule has 3 aromatic carbocycles. The summed E-state index contributed by atoms with van der Waals surface area (Å²) in [6, 6.07) is 22.8. The van der Waals surface area contributed by atoms with Gasteiger partial charge in [-0.2, -0.15) is 0 Å². The first kappa shape index (κ1) is 18.0. The van der Waals surface area contributed by atoms with E-state index in [1.807, 2.05) is 49.4 Å². The minimum Gasteiger partial charge on any atom is -0.493 e. The first-order valence-corrected chi connectivity index (χ1v) is 8.84. The van der Waals surface area contributed by atoms with Crippen molar-refractivity contribution in [3.8, 4) is 5.75 Å². The number of benzene rings is 3. The Kier molecular flexibility index (Phi) is 5.92. The van der Waals surface area contributed by atoms with E-state index in [1.165, 1.54) is 5.56 Å². The number of carbonyl (C=O) groups is 1. The molecule has 132 valence electrons. The number of amides is 1. The van der Waals surface area contributed by atoms with Crippen molar-refractivity contribution in [3.05, 3.63) is 94.5 Å². The number of halogens is 1. The third kappa shape index (κ3) is 4.87. The van der Waals surface area contributed by atoms with Crippen LogP contribution in [0.4, 0.5) is 5.69 Å². The summed E-state index contributed by atoms with van der Waals surface area (Å²) >= 11 is 6.09. The van der Waals surface area contributed by atoms with Gasteiger partial charge in [-0.1, -0.05) is 48.0 Å². The average molecular weight is 366 g/mol. The second-order valence-electron chi connectivity index (χ2n) is 6.03. The number of hydrogen-bond acceptors (Lipinski definition) is 2. The maximum Gasteiger partial charge on any atom is 0.255 e. The Bertz CT molecular complexity index is 876. The van der Waals surface area contributed by atoms with Crippen LogP contribution in [0, 0.1) is 6.92 Å². The zero-order chi connectivity index (χ0) is 18.4. The Morgan fingerprint density at radius 3 is 2.42 bits per heavy atom. The van der Waals surface area contributed by atoms with E-state index in [-0.39, 0.29) is 5.91 Å². The summed E-state index contributed by atoms with van der Waals surface area (Å²) in [6.45, 7) is 2.52. The fourth-order valence-electron chi connectivity index (χ4n) is 2.51. The van der Waals surface area contributed by atoms with E-state index in [0.717, 1.165) is 17.7 Å². The molecule has 0 fully saturated rings. The van der Waals surface area contributed by atoms with Gasteiger partial charge in [0, 0.05) is 22.7 Å². The van der Waals surface area contributed by atoms with Crippen molar-refractivity contribution in [2.75, 3.05) is 11.9 Å². The molecule has 3 rings (SSSR count). The lowest BCUT2D eigenvalue weighted by Crippen LogP contribution is -2.11. The smallest absolute Gasteiger partial charge is 0.255 e. The number of hydrogen-bond donors (Lipinski definition) is 1. The average Bonchev–Trinajstić information content (AvgIpc) is 2.66. The molecule has 1 N–H and O–H groups in total. The third-order valence-corrected chi connectivity index (χ3v) is 4.46. The Hall–Kier alpha value is -2.78. The normalized spacial score (nSPS) is 10.4. The van der Waals surface area contributed by atoms with Crippen molar-refractivity contribution in [3.63, 3.8) is 0 Å². The molecule has 3 nitrogen and oxygen atoms in total. The van der Waals surface area contributed by atoms with Crippen molar-refractivity contribution in [2.24, 2.45) is 0 Å². The molecule has 0 radical (unpaired) electrons. The highest BCUT2D eigenvalue weighted by molar-refractivity contribution is 6.31. The van der Waals surface area contributed by atoms with Crippen LogP contribution in [0.15, 0.2) is 72.8 Å². The second kappa shape index (κ2) is 8.54. The van der Waals surface area contributed by atoms with Crippen LogP contribution < -0.4 is 10.1 Å². The van der Waals surface area contributed by atoms with Gasteiger partial charge in [-0.25, -0.2) is 0 Å². The molecule has 26 heavy (non-hydrogen) atoms. The van der Waals surface area contributed by atoms with Crippen LogP contribution in [0.3, 0.4) is 0 Å². The minimum absolute atomic E-state index is 0.180. The molecule has 0 aliphatic carbocycles. The lowest BCUT2D eigenvalue weighted by molar-refractivity contribution is 0.102. The van der Waals surface area contributed by atoms with Crippen molar-refractivity contribution >= 4 is 23.2 Å². The van der Waals surface area contributed by atoms with Gasteiger partial charge in [0.2, 0.25) is 0 Å². The predicted octanol–water partition coefficient (Wildman–Crippen LogP) is 5.52. The molecule has 0 saturated carbocycles. The lowest BCUT2D eigenvalue weighted by atomic mass is 10.1. The van der Waals surface area contributed by atoms with E-state index in [1.54, 1.807) is 18.2 Å². The summed E-state index contributed by atoms with van der Waals surface area (Å²) in [5.41, 5.74) is 3.45. The maximum atomic E-state index is 12.3. The van der Waals surface area contributed by atoms with E-state index in [0.29, 0.717) is 22.9 Å². The standard InChI is InChI=1S/C22H20ClNO2/c1-16-7-10-19(15-21(16)23)24-22(25)18-8-11-20(12-9-18)26-14-13-17-5-3-2-4-6-17/h2-12,15H,13-14H2,1H3,(H,24,25). The lowest BCUT2D eigenvalue weighted by Gasteiger charge is -2.09. The zero-order valence-corrected chi connectivity index (χ0v) is 15.3. The maximum absolute atomic E-state index is 12.3. The first-order valence-electron chi connectivity index (χ1n) is 8.46. The summed E-state index contributed by atoms with van der Waals surface area (Å²) in [5.74, 6) is 0.566. The fourth-order valence-corrected chi connectivity index (χ4v) is 2.69. The van der Waals surface area contributed by atoms with Crippen molar-refractivity contribution in [1.82, 2.24) is 0 Å². The van der Waals surface area contributed by atoms with E-state index < -0.39 is 0 Å². The number of nitrogens with one attached hydrogen (secondary N) is 1. The Balaban J connectivity index is 1.54. The highest BCUT2D eigenvalue weighted by atomic mass is 35.5.